The van der Waals surface area contributed by atoms with Crippen LogP contribution in [0.5, 0.6) is 5.88 Å². The molecule has 1 N–H and O–H groups in total. The van der Waals surface area contributed by atoms with Crippen molar-refractivity contribution in [3.05, 3.63) is 42.1 Å². The number of methoxy groups -OCH3 is 1. The number of fused-ring (bicyclic) bond motifs is 5. The van der Waals surface area contributed by atoms with Gasteiger partial charge >= 0.3 is 18.0 Å². The number of rotatable bonds is 1. The van der Waals surface area contributed by atoms with Gasteiger partial charge < -0.3 is 24.4 Å². The lowest BCUT2D eigenvalue weighted by Gasteiger charge is -2.35. The van der Waals surface area contributed by atoms with Crippen LogP contribution in [-0.2, 0) is 25.0 Å². The normalized spacial score (nSPS) is 30.2. The maximum Gasteiger partial charge on any atom is 0.408 e. The van der Waals surface area contributed by atoms with Crippen molar-refractivity contribution in [2.24, 2.45) is 17.3 Å². The number of ether oxygens (including phenoxy) is 3. The first-order valence-electron chi connectivity index (χ1n) is 15.1. The maximum absolute atomic E-state index is 15.8. The van der Waals surface area contributed by atoms with Gasteiger partial charge in [-0.3, -0.25) is 4.79 Å². The highest BCUT2D eigenvalue weighted by atomic mass is 19.3. The number of alkyl carbamates (subject to hydrolysis) is 1. The molecule has 3 aliphatic rings. The molecule has 0 unspecified atom stereocenters. The van der Waals surface area contributed by atoms with Crippen molar-refractivity contribution in [1.82, 2.24) is 20.2 Å². The summed E-state index contributed by atoms with van der Waals surface area (Å²) in [6, 6.07) is 4.52. The summed E-state index contributed by atoms with van der Waals surface area (Å²) in [5.41, 5.74) is -0.767. The Balaban J connectivity index is 1.57. The standard InChI is InChI=1S/C32H40F2N4O6/c1-18-14-19-10-8-9-13-32(33,34)25-27(36-22-12-7-6-11-21(22)35-25)43-20-16-23(29(40)42-5)38(17-20)28(39)26(31(2,3)4)37-30(41)44-24(19)15-18/h6-7,9,11-13,18-20,23-24,26H,8,10,14-17H2,1-5H3,(H,37,41)/b13-9+/t18-,19-,20-,23+,24-,26-/m1/s1. The Morgan fingerprint density at radius 2 is 1.80 bits per heavy atom. The van der Waals surface area contributed by atoms with E-state index in [4.69, 9.17) is 14.2 Å². The number of hydrogen-bond acceptors (Lipinski definition) is 8. The molecule has 1 aromatic carbocycles. The second kappa shape index (κ2) is 12.3. The van der Waals surface area contributed by atoms with Crippen LogP contribution in [0.4, 0.5) is 13.6 Å². The van der Waals surface area contributed by atoms with Gasteiger partial charge in [0, 0.05) is 6.42 Å². The number of nitrogens with one attached hydrogen (secondary N) is 1. The Morgan fingerprint density at radius 3 is 2.48 bits per heavy atom. The topological polar surface area (TPSA) is 120 Å². The van der Waals surface area contributed by atoms with Crippen molar-refractivity contribution in [2.45, 2.75) is 90.0 Å². The summed E-state index contributed by atoms with van der Waals surface area (Å²) in [7, 11) is 1.20. The summed E-state index contributed by atoms with van der Waals surface area (Å²) >= 11 is 0. The monoisotopic (exact) mass is 614 g/mol. The number of carbonyl (C=O) groups excluding carboxylic acids is 3. The zero-order chi connectivity index (χ0) is 31.8. The Bertz CT molecular complexity index is 1440. The van der Waals surface area contributed by atoms with Gasteiger partial charge in [0.2, 0.25) is 11.8 Å². The van der Waals surface area contributed by atoms with Gasteiger partial charge in [0.25, 0.3) is 0 Å². The molecule has 3 heterocycles. The van der Waals surface area contributed by atoms with Gasteiger partial charge in [0.15, 0.2) is 5.69 Å². The van der Waals surface area contributed by atoms with Crippen molar-refractivity contribution in [2.75, 3.05) is 13.7 Å². The van der Waals surface area contributed by atoms with E-state index in [0.717, 1.165) is 12.5 Å². The molecule has 1 saturated carbocycles. The highest BCUT2D eigenvalue weighted by Gasteiger charge is 2.47. The second-order valence-corrected chi connectivity index (χ2v) is 13.2. The summed E-state index contributed by atoms with van der Waals surface area (Å²) < 4.78 is 48.5. The third kappa shape index (κ3) is 6.63. The van der Waals surface area contributed by atoms with Gasteiger partial charge in [-0.25, -0.2) is 19.6 Å². The number of esters is 1. The van der Waals surface area contributed by atoms with Crippen molar-refractivity contribution in [1.29, 1.82) is 0 Å². The lowest BCUT2D eigenvalue weighted by molar-refractivity contribution is -0.152. The Morgan fingerprint density at radius 1 is 1.09 bits per heavy atom. The van der Waals surface area contributed by atoms with Gasteiger partial charge in [-0.05, 0) is 61.1 Å². The fourth-order valence-corrected chi connectivity index (χ4v) is 6.45. The molecule has 0 spiro atoms. The molecule has 10 nitrogen and oxygen atoms in total. The highest BCUT2D eigenvalue weighted by molar-refractivity contribution is 5.91. The van der Waals surface area contributed by atoms with E-state index in [9.17, 15) is 14.4 Å². The summed E-state index contributed by atoms with van der Waals surface area (Å²) in [5.74, 6) is -4.87. The van der Waals surface area contributed by atoms with Crippen LogP contribution in [0.3, 0.4) is 0 Å². The van der Waals surface area contributed by atoms with Crippen LogP contribution in [0.25, 0.3) is 11.0 Å². The summed E-state index contributed by atoms with van der Waals surface area (Å²) in [5, 5.41) is 2.76. The van der Waals surface area contributed by atoms with Crippen LogP contribution >= 0.6 is 0 Å². The van der Waals surface area contributed by atoms with E-state index in [-0.39, 0.29) is 36.2 Å². The third-order valence-electron chi connectivity index (χ3n) is 8.68. The molecule has 5 rings (SSSR count). The molecular formula is C32H40F2N4O6. The first kappa shape index (κ1) is 31.6. The molecule has 0 radical (unpaired) electrons. The Labute approximate surface area is 255 Å². The van der Waals surface area contributed by atoms with Gasteiger partial charge in [0.1, 0.15) is 24.3 Å². The minimum absolute atomic E-state index is 0.0286. The van der Waals surface area contributed by atoms with E-state index < -0.39 is 59.3 Å². The smallest absolute Gasteiger partial charge is 0.408 e. The van der Waals surface area contributed by atoms with Crippen molar-refractivity contribution in [3.63, 3.8) is 0 Å². The lowest BCUT2D eigenvalue weighted by atomic mass is 9.85. The Kier molecular flexibility index (Phi) is 8.82. The third-order valence-corrected chi connectivity index (χ3v) is 8.68. The second-order valence-electron chi connectivity index (χ2n) is 13.2. The van der Waals surface area contributed by atoms with Gasteiger partial charge in [-0.15, -0.1) is 0 Å². The number of alkyl halides is 2. The largest absolute Gasteiger partial charge is 0.471 e. The molecule has 1 aromatic heterocycles. The molecule has 2 fully saturated rings. The van der Waals surface area contributed by atoms with Crippen LogP contribution in [0, 0.1) is 17.3 Å². The highest BCUT2D eigenvalue weighted by Crippen LogP contribution is 2.39. The molecule has 238 valence electrons. The van der Waals surface area contributed by atoms with Crippen molar-refractivity contribution >= 4 is 29.0 Å². The number of benzene rings is 1. The maximum atomic E-state index is 15.8. The predicted octanol–water partition coefficient (Wildman–Crippen LogP) is 5.15. The number of carbonyl (C=O) groups is 3. The van der Waals surface area contributed by atoms with Crippen LogP contribution < -0.4 is 10.1 Å². The number of halogens is 2. The fraction of sp³-hybridized carbons (Fsp3) is 0.594. The lowest BCUT2D eigenvalue weighted by Crippen LogP contribution is -2.57. The van der Waals surface area contributed by atoms with Crippen molar-refractivity contribution < 1.29 is 37.4 Å². The van der Waals surface area contributed by atoms with E-state index in [1.165, 1.54) is 18.1 Å². The summed E-state index contributed by atoms with van der Waals surface area (Å²) in [6.45, 7) is 7.33. The number of para-hydroxylation sites is 2. The first-order chi connectivity index (χ1) is 20.8. The summed E-state index contributed by atoms with van der Waals surface area (Å²) in [4.78, 5) is 50.0. The molecule has 2 aliphatic heterocycles. The predicted molar refractivity (Wildman–Crippen MR) is 157 cm³/mol. The number of amides is 2. The molecule has 1 saturated heterocycles. The van der Waals surface area contributed by atoms with E-state index in [0.29, 0.717) is 24.8 Å². The first-order valence-corrected chi connectivity index (χ1v) is 15.1. The quantitative estimate of drug-likeness (QED) is 0.346. The van der Waals surface area contributed by atoms with E-state index in [2.05, 4.69) is 22.2 Å². The van der Waals surface area contributed by atoms with Crippen molar-refractivity contribution in [3.8, 4) is 5.88 Å². The van der Waals surface area contributed by atoms with Gasteiger partial charge in [0.05, 0.1) is 24.7 Å². The zero-order valence-corrected chi connectivity index (χ0v) is 25.7. The number of nitrogens with zero attached hydrogens (tertiary/aromatic N) is 3. The Hall–Kier alpha value is -3.83. The van der Waals surface area contributed by atoms with Crippen LogP contribution in [0.15, 0.2) is 36.4 Å². The van der Waals surface area contributed by atoms with E-state index >= 15 is 8.78 Å². The molecule has 6 atom stereocenters. The zero-order valence-electron chi connectivity index (χ0n) is 25.7. The van der Waals surface area contributed by atoms with Crippen LogP contribution in [0.2, 0.25) is 0 Å². The SMILES string of the molecule is COC(=O)[C@@H]1C[C@@H]2CN1C(=O)[C@H](C(C)(C)C)NC(=O)O[C@@H]1C[C@H](C)C[C@H]1CC/C=C/C(F)(F)c1nc3ccccc3nc1O2. The van der Waals surface area contributed by atoms with E-state index in [1.54, 1.807) is 45.0 Å². The average Bonchev–Trinajstić information content (AvgIpc) is 3.54. The fourth-order valence-electron chi connectivity index (χ4n) is 6.45. The number of hydrogen-bond donors (Lipinski definition) is 1. The number of allylic oxidation sites excluding steroid dienone is 2. The molecule has 44 heavy (non-hydrogen) atoms. The molecule has 2 bridgehead atoms. The summed E-state index contributed by atoms with van der Waals surface area (Å²) in [6.07, 6.45) is 2.46. The minimum atomic E-state index is -3.52. The van der Waals surface area contributed by atoms with E-state index in [1.807, 2.05) is 0 Å². The minimum Gasteiger partial charge on any atom is -0.471 e. The number of aromatic nitrogens is 2. The van der Waals surface area contributed by atoms with Crippen LogP contribution in [0.1, 0.15) is 65.5 Å². The molecule has 12 heteroatoms. The van der Waals surface area contributed by atoms with Crippen LogP contribution in [-0.4, -0.2) is 70.8 Å². The molecule has 2 aromatic rings. The van der Waals surface area contributed by atoms with Gasteiger partial charge in [-0.2, -0.15) is 8.78 Å². The molecular weight excluding hydrogens is 574 g/mol. The average molecular weight is 615 g/mol. The molecule has 2 amide bonds. The molecule has 1 aliphatic carbocycles. The van der Waals surface area contributed by atoms with Gasteiger partial charge in [-0.1, -0.05) is 45.9 Å².